The van der Waals surface area contributed by atoms with Crippen LogP contribution in [0.4, 0.5) is 0 Å². The average Bonchev–Trinajstić information content (AvgIpc) is 2.82. The van der Waals surface area contributed by atoms with E-state index in [4.69, 9.17) is 4.42 Å². The molecule has 0 aliphatic carbocycles. The molecule has 1 heterocycles. The number of carbonyl (C=O) groups is 1. The topological polar surface area (TPSA) is 42.2 Å². The van der Waals surface area contributed by atoms with Gasteiger partial charge in [0.2, 0.25) is 0 Å². The first-order valence-corrected chi connectivity index (χ1v) is 7.26. The van der Waals surface area contributed by atoms with Crippen LogP contribution in [0, 0.1) is 5.92 Å². The summed E-state index contributed by atoms with van der Waals surface area (Å²) in [5, 5.41) is 3.89. The second-order valence-corrected chi connectivity index (χ2v) is 4.87. The zero-order valence-corrected chi connectivity index (χ0v) is 12.0. The summed E-state index contributed by atoms with van der Waals surface area (Å²) in [4.78, 5) is 11.8. The number of alkyl halides is 1. The average molecular weight is 302 g/mol. The molecule has 0 aliphatic heterocycles. The Morgan fingerprint density at radius 1 is 1.47 bits per heavy atom. The molecule has 0 radical (unpaired) electrons. The second kappa shape index (κ2) is 7.54. The van der Waals surface area contributed by atoms with Gasteiger partial charge in [-0.15, -0.1) is 0 Å². The third-order valence-electron chi connectivity index (χ3n) is 2.88. The Hall–Kier alpha value is -0.770. The third kappa shape index (κ3) is 4.54. The fraction of sp³-hybridized carbons (Fsp3) is 0.615. The van der Waals surface area contributed by atoms with E-state index in [1.165, 1.54) is 0 Å². The van der Waals surface area contributed by atoms with Gasteiger partial charge in [-0.2, -0.15) is 0 Å². The van der Waals surface area contributed by atoms with Gasteiger partial charge in [0.15, 0.2) is 5.76 Å². The van der Waals surface area contributed by atoms with Gasteiger partial charge in [0.05, 0.1) is 0 Å². The highest BCUT2D eigenvalue weighted by Gasteiger charge is 2.12. The Balaban J connectivity index is 2.43. The smallest absolute Gasteiger partial charge is 0.287 e. The van der Waals surface area contributed by atoms with Crippen LogP contribution in [0.1, 0.15) is 43.0 Å². The highest BCUT2D eigenvalue weighted by atomic mass is 79.9. The van der Waals surface area contributed by atoms with Crippen molar-refractivity contribution < 1.29 is 9.21 Å². The molecule has 0 bridgehead atoms. The van der Waals surface area contributed by atoms with E-state index in [1.807, 2.05) is 13.0 Å². The molecular formula is C13H20BrNO2. The summed E-state index contributed by atoms with van der Waals surface area (Å²) in [6, 6.07) is 3.59. The largest absolute Gasteiger partial charge is 0.456 e. The van der Waals surface area contributed by atoms with Gasteiger partial charge in [0.25, 0.3) is 5.91 Å². The molecule has 0 aliphatic rings. The van der Waals surface area contributed by atoms with E-state index in [0.717, 1.165) is 30.4 Å². The maximum Gasteiger partial charge on any atom is 0.287 e. The number of furan rings is 1. The van der Waals surface area contributed by atoms with Gasteiger partial charge in [-0.1, -0.05) is 36.2 Å². The van der Waals surface area contributed by atoms with Gasteiger partial charge in [-0.25, -0.2) is 0 Å². The number of amides is 1. The Bertz CT molecular complexity index is 349. The molecular weight excluding hydrogens is 282 g/mol. The fourth-order valence-electron chi connectivity index (χ4n) is 1.62. The molecule has 0 saturated carbocycles. The highest BCUT2D eigenvalue weighted by Crippen LogP contribution is 2.11. The summed E-state index contributed by atoms with van der Waals surface area (Å²) in [7, 11) is 0. The van der Waals surface area contributed by atoms with Crippen molar-refractivity contribution in [1.29, 1.82) is 0 Å². The molecule has 1 rings (SSSR count). The molecule has 0 spiro atoms. The Kier molecular flexibility index (Phi) is 6.34. The van der Waals surface area contributed by atoms with Crippen molar-refractivity contribution >= 4 is 21.8 Å². The number of rotatable bonds is 7. The van der Waals surface area contributed by atoms with E-state index in [2.05, 4.69) is 28.2 Å². The molecule has 3 nitrogen and oxygen atoms in total. The Labute approximate surface area is 111 Å². The maximum atomic E-state index is 11.8. The van der Waals surface area contributed by atoms with Gasteiger partial charge >= 0.3 is 0 Å². The lowest BCUT2D eigenvalue weighted by atomic mass is 10.0. The third-order valence-corrected chi connectivity index (χ3v) is 3.34. The molecule has 1 aromatic rings. The number of nitrogens with one attached hydrogen (secondary N) is 1. The number of hydrogen-bond donors (Lipinski definition) is 1. The molecule has 1 atom stereocenters. The number of carbonyl (C=O) groups excluding carboxylic acids is 1. The maximum absolute atomic E-state index is 11.8. The minimum absolute atomic E-state index is 0.113. The standard InChI is InChI=1S/C13H20BrNO2/c1-3-10(7-8-14)9-15-13(16)12-6-5-11(4-2)17-12/h5-6,10H,3-4,7-9H2,1-2H3,(H,15,16). The van der Waals surface area contributed by atoms with Crippen LogP contribution in [0.25, 0.3) is 0 Å². The Morgan fingerprint density at radius 3 is 2.76 bits per heavy atom. The summed E-state index contributed by atoms with van der Waals surface area (Å²) in [5.74, 6) is 1.68. The zero-order valence-electron chi connectivity index (χ0n) is 10.5. The zero-order chi connectivity index (χ0) is 12.7. The SMILES string of the molecule is CCc1ccc(C(=O)NCC(CC)CCBr)o1. The molecule has 1 N–H and O–H groups in total. The summed E-state index contributed by atoms with van der Waals surface area (Å²) in [5.41, 5.74) is 0. The predicted octanol–water partition coefficient (Wildman–Crippen LogP) is 3.38. The summed E-state index contributed by atoms with van der Waals surface area (Å²) in [6.07, 6.45) is 2.97. The van der Waals surface area contributed by atoms with Crippen LogP contribution in [0.15, 0.2) is 16.5 Å². The van der Waals surface area contributed by atoms with Crippen molar-refractivity contribution in [2.45, 2.75) is 33.1 Å². The van der Waals surface area contributed by atoms with E-state index in [0.29, 0.717) is 18.2 Å². The van der Waals surface area contributed by atoms with Crippen molar-refractivity contribution in [3.63, 3.8) is 0 Å². The molecule has 0 saturated heterocycles. The summed E-state index contributed by atoms with van der Waals surface area (Å²) in [6.45, 7) is 4.86. The molecule has 4 heteroatoms. The normalized spacial score (nSPS) is 12.4. The molecule has 1 amide bonds. The van der Waals surface area contributed by atoms with E-state index in [9.17, 15) is 4.79 Å². The van der Waals surface area contributed by atoms with Gasteiger partial charge in [-0.3, -0.25) is 4.79 Å². The van der Waals surface area contributed by atoms with Crippen molar-refractivity contribution in [2.24, 2.45) is 5.92 Å². The van der Waals surface area contributed by atoms with Crippen LogP contribution >= 0.6 is 15.9 Å². The van der Waals surface area contributed by atoms with Crippen LogP contribution in [-0.4, -0.2) is 17.8 Å². The van der Waals surface area contributed by atoms with E-state index in [1.54, 1.807) is 6.07 Å². The summed E-state index contributed by atoms with van der Waals surface area (Å²) < 4.78 is 5.40. The van der Waals surface area contributed by atoms with Crippen molar-refractivity contribution in [1.82, 2.24) is 5.32 Å². The first-order valence-electron chi connectivity index (χ1n) is 6.14. The van der Waals surface area contributed by atoms with Crippen LogP contribution in [0.2, 0.25) is 0 Å². The van der Waals surface area contributed by atoms with Crippen LogP contribution in [-0.2, 0) is 6.42 Å². The summed E-state index contributed by atoms with van der Waals surface area (Å²) >= 11 is 3.42. The van der Waals surface area contributed by atoms with Crippen molar-refractivity contribution in [2.75, 3.05) is 11.9 Å². The van der Waals surface area contributed by atoms with E-state index >= 15 is 0 Å². The molecule has 1 unspecified atom stereocenters. The lowest BCUT2D eigenvalue weighted by Gasteiger charge is -2.13. The minimum atomic E-state index is -0.113. The second-order valence-electron chi connectivity index (χ2n) is 4.08. The quantitative estimate of drug-likeness (QED) is 0.785. The number of aryl methyl sites for hydroxylation is 1. The van der Waals surface area contributed by atoms with E-state index in [-0.39, 0.29) is 5.91 Å². The van der Waals surface area contributed by atoms with E-state index < -0.39 is 0 Å². The molecule has 96 valence electrons. The fourth-order valence-corrected chi connectivity index (χ4v) is 2.27. The molecule has 17 heavy (non-hydrogen) atoms. The van der Waals surface area contributed by atoms with Gasteiger partial charge in [0.1, 0.15) is 5.76 Å². The van der Waals surface area contributed by atoms with Crippen LogP contribution < -0.4 is 5.32 Å². The van der Waals surface area contributed by atoms with Crippen molar-refractivity contribution in [3.05, 3.63) is 23.7 Å². The lowest BCUT2D eigenvalue weighted by Crippen LogP contribution is -2.29. The first-order chi connectivity index (χ1) is 8.21. The van der Waals surface area contributed by atoms with Gasteiger partial charge in [-0.05, 0) is 24.5 Å². The number of halogens is 1. The van der Waals surface area contributed by atoms with Crippen molar-refractivity contribution in [3.8, 4) is 0 Å². The van der Waals surface area contributed by atoms with Crippen LogP contribution in [0.3, 0.4) is 0 Å². The Morgan fingerprint density at radius 2 is 2.24 bits per heavy atom. The monoisotopic (exact) mass is 301 g/mol. The lowest BCUT2D eigenvalue weighted by molar-refractivity contribution is 0.0917. The molecule has 0 fully saturated rings. The minimum Gasteiger partial charge on any atom is -0.456 e. The van der Waals surface area contributed by atoms with Gasteiger partial charge in [0, 0.05) is 18.3 Å². The van der Waals surface area contributed by atoms with Gasteiger partial charge < -0.3 is 9.73 Å². The predicted molar refractivity (Wildman–Crippen MR) is 72.6 cm³/mol. The highest BCUT2D eigenvalue weighted by molar-refractivity contribution is 9.09. The first kappa shape index (κ1) is 14.3. The molecule has 0 aromatic carbocycles. The number of hydrogen-bond acceptors (Lipinski definition) is 2. The molecule has 1 aromatic heterocycles. The van der Waals surface area contributed by atoms with Crippen LogP contribution in [0.5, 0.6) is 0 Å².